The highest BCUT2D eigenvalue weighted by Gasteiger charge is 2.30. The van der Waals surface area contributed by atoms with Crippen molar-refractivity contribution >= 4 is 5.91 Å². The van der Waals surface area contributed by atoms with Crippen LogP contribution >= 0.6 is 0 Å². The van der Waals surface area contributed by atoms with Crippen molar-refractivity contribution in [2.24, 2.45) is 0 Å². The van der Waals surface area contributed by atoms with Crippen LogP contribution in [-0.4, -0.2) is 47.7 Å². The number of hydrogen-bond donors (Lipinski definition) is 1. The molecule has 1 fully saturated rings. The number of nitrogens with zero attached hydrogens (tertiary/aromatic N) is 2. The highest BCUT2D eigenvalue weighted by atomic mass is 16.5. The molecule has 22 heavy (non-hydrogen) atoms. The highest BCUT2D eigenvalue weighted by molar-refractivity contribution is 5.94. The van der Waals surface area contributed by atoms with E-state index in [1.165, 1.54) is 0 Å². The van der Waals surface area contributed by atoms with Crippen molar-refractivity contribution in [3.8, 4) is 5.69 Å². The molecule has 2 heterocycles. The molecule has 1 saturated heterocycles. The fraction of sp³-hybridized carbons (Fsp3) is 0.375. The van der Waals surface area contributed by atoms with E-state index < -0.39 is 0 Å². The molecule has 2 aromatic rings. The van der Waals surface area contributed by atoms with Gasteiger partial charge in [-0.25, -0.2) is 4.68 Å². The maximum absolute atomic E-state index is 12.3. The van der Waals surface area contributed by atoms with Crippen molar-refractivity contribution in [3.63, 3.8) is 0 Å². The largest absolute Gasteiger partial charge is 0.376 e. The fourth-order valence-corrected chi connectivity index (χ4v) is 2.49. The van der Waals surface area contributed by atoms with Gasteiger partial charge in [0.15, 0.2) is 0 Å². The Morgan fingerprint density at radius 2 is 2.23 bits per heavy atom. The third-order valence-corrected chi connectivity index (χ3v) is 3.62. The van der Waals surface area contributed by atoms with Crippen LogP contribution in [0.15, 0.2) is 42.7 Å². The number of benzene rings is 1. The molecule has 0 radical (unpaired) electrons. The second-order valence-electron chi connectivity index (χ2n) is 5.11. The summed E-state index contributed by atoms with van der Waals surface area (Å²) >= 11 is 0. The van der Waals surface area contributed by atoms with E-state index in [1.54, 1.807) is 23.0 Å². The summed E-state index contributed by atoms with van der Waals surface area (Å²) in [6.45, 7) is 3.56. The van der Waals surface area contributed by atoms with E-state index in [4.69, 9.17) is 9.47 Å². The Morgan fingerprint density at radius 3 is 2.91 bits per heavy atom. The first-order chi connectivity index (χ1) is 10.8. The number of hydrogen-bond acceptors (Lipinski definition) is 4. The first-order valence-electron chi connectivity index (χ1n) is 7.38. The molecule has 0 spiro atoms. The van der Waals surface area contributed by atoms with Crippen LogP contribution in [0.25, 0.3) is 5.69 Å². The van der Waals surface area contributed by atoms with Gasteiger partial charge in [0.2, 0.25) is 0 Å². The van der Waals surface area contributed by atoms with Gasteiger partial charge >= 0.3 is 0 Å². The molecular weight excluding hydrogens is 282 g/mol. The third-order valence-electron chi connectivity index (χ3n) is 3.62. The predicted octanol–water partition coefficient (Wildman–Crippen LogP) is 1.41. The lowest BCUT2D eigenvalue weighted by molar-refractivity contribution is 0.0402. The molecule has 6 heteroatoms. The van der Waals surface area contributed by atoms with Gasteiger partial charge in [-0.05, 0) is 37.3 Å². The average Bonchev–Trinajstić information content (AvgIpc) is 3.20. The van der Waals surface area contributed by atoms with Gasteiger partial charge in [0.25, 0.3) is 5.91 Å². The quantitative estimate of drug-likeness (QED) is 0.907. The molecule has 0 aliphatic carbocycles. The molecule has 1 aliphatic rings. The minimum absolute atomic E-state index is 0.0719. The summed E-state index contributed by atoms with van der Waals surface area (Å²) in [7, 11) is 0. The van der Waals surface area contributed by atoms with E-state index in [0.717, 1.165) is 5.69 Å². The van der Waals surface area contributed by atoms with Crippen molar-refractivity contribution in [1.82, 2.24) is 15.1 Å². The number of carbonyl (C=O) groups is 1. The van der Waals surface area contributed by atoms with Crippen molar-refractivity contribution in [3.05, 3.63) is 48.3 Å². The highest BCUT2D eigenvalue weighted by Crippen LogP contribution is 2.12. The van der Waals surface area contributed by atoms with Crippen LogP contribution in [0.1, 0.15) is 17.3 Å². The molecule has 116 valence electrons. The summed E-state index contributed by atoms with van der Waals surface area (Å²) in [6.07, 6.45) is 3.50. The maximum atomic E-state index is 12.3. The van der Waals surface area contributed by atoms with Crippen molar-refractivity contribution in [2.75, 3.05) is 19.8 Å². The van der Waals surface area contributed by atoms with Gasteiger partial charge in [0.05, 0.1) is 24.9 Å². The van der Waals surface area contributed by atoms with Gasteiger partial charge in [-0.2, -0.15) is 5.10 Å². The van der Waals surface area contributed by atoms with Crippen LogP contribution in [0.4, 0.5) is 0 Å². The molecule has 3 rings (SSSR count). The zero-order valence-electron chi connectivity index (χ0n) is 12.4. The SMILES string of the molecule is CCO[C@H]1COC[C@@H]1NC(=O)c1ccc(-n2cccn2)cc1. The lowest BCUT2D eigenvalue weighted by Gasteiger charge is -2.18. The zero-order chi connectivity index (χ0) is 15.4. The standard InChI is InChI=1S/C16H19N3O3/c1-2-22-15-11-21-10-14(15)18-16(20)12-4-6-13(7-5-12)19-9-3-8-17-19/h3-9,14-15H,2,10-11H2,1H3,(H,18,20)/t14-,15-/m0/s1. The molecule has 1 aromatic carbocycles. The smallest absolute Gasteiger partial charge is 0.251 e. The van der Waals surface area contributed by atoms with Gasteiger partial charge in [-0.15, -0.1) is 0 Å². The van der Waals surface area contributed by atoms with Crippen molar-refractivity contribution in [1.29, 1.82) is 0 Å². The van der Waals surface area contributed by atoms with Gasteiger partial charge in [0.1, 0.15) is 6.10 Å². The summed E-state index contributed by atoms with van der Waals surface area (Å²) in [5, 5.41) is 7.13. The van der Waals surface area contributed by atoms with Gasteiger partial charge in [-0.1, -0.05) is 0 Å². The van der Waals surface area contributed by atoms with E-state index in [-0.39, 0.29) is 18.1 Å². The van der Waals surface area contributed by atoms with E-state index in [2.05, 4.69) is 10.4 Å². The van der Waals surface area contributed by atoms with Crippen molar-refractivity contribution in [2.45, 2.75) is 19.1 Å². The van der Waals surface area contributed by atoms with Gasteiger partial charge < -0.3 is 14.8 Å². The topological polar surface area (TPSA) is 65.4 Å². The minimum atomic E-state index is -0.118. The number of amides is 1. The predicted molar refractivity (Wildman–Crippen MR) is 81.1 cm³/mol. The van der Waals surface area contributed by atoms with Crippen LogP contribution in [0.2, 0.25) is 0 Å². The number of aromatic nitrogens is 2. The molecule has 0 bridgehead atoms. The molecule has 1 amide bonds. The first kappa shape index (κ1) is 14.7. The average molecular weight is 301 g/mol. The van der Waals surface area contributed by atoms with Gasteiger partial charge in [0, 0.05) is 24.6 Å². The van der Waals surface area contributed by atoms with E-state index >= 15 is 0 Å². The molecule has 1 aromatic heterocycles. The third kappa shape index (κ3) is 3.18. The Balaban J connectivity index is 1.65. The van der Waals surface area contributed by atoms with E-state index in [1.807, 2.05) is 31.3 Å². The van der Waals surface area contributed by atoms with Crippen LogP contribution in [0.3, 0.4) is 0 Å². The Labute approximate surface area is 129 Å². The van der Waals surface area contributed by atoms with Crippen LogP contribution < -0.4 is 5.32 Å². The zero-order valence-corrected chi connectivity index (χ0v) is 12.4. The molecule has 1 aliphatic heterocycles. The molecule has 0 saturated carbocycles. The Bertz CT molecular complexity index is 610. The minimum Gasteiger partial charge on any atom is -0.376 e. The number of nitrogens with one attached hydrogen (secondary N) is 1. The van der Waals surface area contributed by atoms with Crippen LogP contribution in [0, 0.1) is 0 Å². The fourth-order valence-electron chi connectivity index (χ4n) is 2.49. The molecule has 1 N–H and O–H groups in total. The number of ether oxygens (including phenoxy) is 2. The molecule has 0 unspecified atom stereocenters. The Kier molecular flexibility index (Phi) is 4.50. The molecule has 2 atom stereocenters. The summed E-state index contributed by atoms with van der Waals surface area (Å²) in [5.41, 5.74) is 1.52. The monoisotopic (exact) mass is 301 g/mol. The van der Waals surface area contributed by atoms with Crippen LogP contribution in [0.5, 0.6) is 0 Å². The second kappa shape index (κ2) is 6.72. The summed E-state index contributed by atoms with van der Waals surface area (Å²) in [5.74, 6) is -0.118. The molecular formula is C16H19N3O3. The van der Waals surface area contributed by atoms with Crippen LogP contribution in [-0.2, 0) is 9.47 Å². The second-order valence-corrected chi connectivity index (χ2v) is 5.11. The summed E-state index contributed by atoms with van der Waals surface area (Å²) in [4.78, 5) is 12.3. The Hall–Kier alpha value is -2.18. The van der Waals surface area contributed by atoms with Gasteiger partial charge in [-0.3, -0.25) is 4.79 Å². The van der Waals surface area contributed by atoms with E-state index in [9.17, 15) is 4.79 Å². The number of rotatable bonds is 5. The van der Waals surface area contributed by atoms with Crippen molar-refractivity contribution < 1.29 is 14.3 Å². The Morgan fingerprint density at radius 1 is 1.41 bits per heavy atom. The first-order valence-corrected chi connectivity index (χ1v) is 7.38. The summed E-state index contributed by atoms with van der Waals surface area (Å²) < 4.78 is 12.7. The molecule has 6 nitrogen and oxygen atoms in total. The summed E-state index contributed by atoms with van der Waals surface area (Å²) in [6, 6.07) is 9.07. The van der Waals surface area contributed by atoms with E-state index in [0.29, 0.717) is 25.4 Å². The maximum Gasteiger partial charge on any atom is 0.251 e. The lowest BCUT2D eigenvalue weighted by atomic mass is 10.1. The lowest BCUT2D eigenvalue weighted by Crippen LogP contribution is -2.43. The normalized spacial score (nSPS) is 21.0. The number of carbonyl (C=O) groups excluding carboxylic acids is 1.